The fourth-order valence-electron chi connectivity index (χ4n) is 2.74. The third kappa shape index (κ3) is 4.07. The first-order valence-corrected chi connectivity index (χ1v) is 7.81. The fourth-order valence-corrected chi connectivity index (χ4v) is 2.74. The van der Waals surface area contributed by atoms with Gasteiger partial charge in [0.1, 0.15) is 6.42 Å². The molecule has 1 aliphatic rings. The lowest BCUT2D eigenvalue weighted by Crippen LogP contribution is -2.44. The van der Waals surface area contributed by atoms with Crippen molar-refractivity contribution >= 4 is 17.5 Å². The molecular formula is C17H25N3O2. The zero-order valence-corrected chi connectivity index (χ0v) is 13.6. The molecule has 22 heavy (non-hydrogen) atoms. The highest BCUT2D eigenvalue weighted by Crippen LogP contribution is 2.18. The van der Waals surface area contributed by atoms with Crippen molar-refractivity contribution in [2.45, 2.75) is 39.2 Å². The molecule has 1 aliphatic heterocycles. The van der Waals surface area contributed by atoms with Gasteiger partial charge in [-0.2, -0.15) is 0 Å². The van der Waals surface area contributed by atoms with Crippen LogP contribution in [0.5, 0.6) is 0 Å². The number of carbonyl (C=O) groups is 2. The van der Waals surface area contributed by atoms with Gasteiger partial charge < -0.3 is 15.5 Å². The molecule has 0 spiro atoms. The molecule has 2 amide bonds. The van der Waals surface area contributed by atoms with Crippen molar-refractivity contribution in [3.8, 4) is 0 Å². The summed E-state index contributed by atoms with van der Waals surface area (Å²) in [7, 11) is 1.80. The second kappa shape index (κ2) is 7.40. The monoisotopic (exact) mass is 303 g/mol. The summed E-state index contributed by atoms with van der Waals surface area (Å²) >= 11 is 0. The van der Waals surface area contributed by atoms with Gasteiger partial charge in [0.2, 0.25) is 11.8 Å². The molecular weight excluding hydrogens is 278 g/mol. The van der Waals surface area contributed by atoms with Crippen LogP contribution in [-0.4, -0.2) is 42.9 Å². The Morgan fingerprint density at radius 2 is 1.95 bits per heavy atom. The van der Waals surface area contributed by atoms with Gasteiger partial charge in [-0.1, -0.05) is 12.1 Å². The van der Waals surface area contributed by atoms with Crippen molar-refractivity contribution in [2.75, 3.05) is 25.5 Å². The van der Waals surface area contributed by atoms with Crippen LogP contribution in [0, 0.1) is 13.8 Å². The van der Waals surface area contributed by atoms with E-state index in [0.29, 0.717) is 0 Å². The van der Waals surface area contributed by atoms with Gasteiger partial charge in [-0.3, -0.25) is 9.59 Å². The zero-order chi connectivity index (χ0) is 16.1. The van der Waals surface area contributed by atoms with Gasteiger partial charge in [-0.05, 0) is 57.0 Å². The maximum Gasteiger partial charge on any atom is 0.233 e. The van der Waals surface area contributed by atoms with E-state index in [-0.39, 0.29) is 24.3 Å². The number of carbonyl (C=O) groups excluding carboxylic acids is 2. The van der Waals surface area contributed by atoms with E-state index in [1.54, 1.807) is 11.9 Å². The number of benzene rings is 1. The largest absolute Gasteiger partial charge is 0.342 e. The molecule has 0 unspecified atom stereocenters. The Labute approximate surface area is 132 Å². The average molecular weight is 303 g/mol. The van der Waals surface area contributed by atoms with Crippen molar-refractivity contribution < 1.29 is 9.59 Å². The molecule has 5 nitrogen and oxygen atoms in total. The summed E-state index contributed by atoms with van der Waals surface area (Å²) in [5, 5.41) is 6.12. The minimum Gasteiger partial charge on any atom is -0.342 e. The van der Waals surface area contributed by atoms with E-state index in [1.165, 1.54) is 0 Å². The Balaban J connectivity index is 1.90. The van der Waals surface area contributed by atoms with Crippen molar-refractivity contribution in [3.05, 3.63) is 29.3 Å². The van der Waals surface area contributed by atoms with E-state index in [2.05, 4.69) is 10.6 Å². The van der Waals surface area contributed by atoms with Gasteiger partial charge in [0.05, 0.1) is 0 Å². The third-order valence-corrected chi connectivity index (χ3v) is 4.44. The van der Waals surface area contributed by atoms with Crippen molar-refractivity contribution in [1.82, 2.24) is 10.2 Å². The van der Waals surface area contributed by atoms with Crippen LogP contribution in [0.1, 0.15) is 30.4 Å². The minimum atomic E-state index is -0.250. The first kappa shape index (κ1) is 16.5. The normalized spacial score (nSPS) is 15.4. The Morgan fingerprint density at radius 1 is 1.27 bits per heavy atom. The van der Waals surface area contributed by atoms with Gasteiger partial charge in [0.15, 0.2) is 0 Å². The summed E-state index contributed by atoms with van der Waals surface area (Å²) in [6, 6.07) is 6.01. The molecule has 5 heteroatoms. The van der Waals surface area contributed by atoms with Gasteiger partial charge in [0, 0.05) is 18.8 Å². The van der Waals surface area contributed by atoms with Crippen LogP contribution in [0.15, 0.2) is 18.2 Å². The summed E-state index contributed by atoms with van der Waals surface area (Å²) in [4.78, 5) is 26.1. The molecule has 1 heterocycles. The lowest BCUT2D eigenvalue weighted by molar-refractivity contribution is -0.135. The predicted octanol–water partition coefficient (Wildman–Crippen LogP) is 1.84. The van der Waals surface area contributed by atoms with Crippen molar-refractivity contribution in [3.63, 3.8) is 0 Å². The van der Waals surface area contributed by atoms with Gasteiger partial charge in [-0.25, -0.2) is 0 Å². The number of hydrogen-bond donors (Lipinski definition) is 2. The summed E-state index contributed by atoms with van der Waals surface area (Å²) in [5.74, 6) is -0.366. The number of nitrogens with one attached hydrogen (secondary N) is 2. The molecule has 0 aromatic heterocycles. The minimum absolute atomic E-state index is 0.103. The van der Waals surface area contributed by atoms with Crippen molar-refractivity contribution in [2.24, 2.45) is 0 Å². The number of aryl methyl sites for hydroxylation is 1. The Bertz CT molecular complexity index is 551. The Morgan fingerprint density at radius 3 is 2.64 bits per heavy atom. The number of rotatable bonds is 4. The maximum absolute atomic E-state index is 12.2. The molecule has 0 radical (unpaired) electrons. The van der Waals surface area contributed by atoms with Crippen LogP contribution in [0.25, 0.3) is 0 Å². The van der Waals surface area contributed by atoms with Crippen LogP contribution in [-0.2, 0) is 9.59 Å². The summed E-state index contributed by atoms with van der Waals surface area (Å²) in [6.45, 7) is 5.82. The highest BCUT2D eigenvalue weighted by Gasteiger charge is 2.23. The quantitative estimate of drug-likeness (QED) is 0.834. The summed E-state index contributed by atoms with van der Waals surface area (Å²) in [6.07, 6.45) is 1.79. The number of piperidine rings is 1. The van der Waals surface area contributed by atoms with E-state index >= 15 is 0 Å². The SMILES string of the molecule is Cc1cccc(NC(=O)CC(=O)N(C)C2CCNCC2)c1C. The van der Waals surface area contributed by atoms with Crippen LogP contribution in [0.2, 0.25) is 0 Å². The van der Waals surface area contributed by atoms with E-state index in [0.717, 1.165) is 42.7 Å². The van der Waals surface area contributed by atoms with Crippen LogP contribution >= 0.6 is 0 Å². The Kier molecular flexibility index (Phi) is 5.55. The second-order valence-electron chi connectivity index (χ2n) is 5.96. The van der Waals surface area contributed by atoms with Crippen LogP contribution in [0.4, 0.5) is 5.69 Å². The van der Waals surface area contributed by atoms with Crippen LogP contribution in [0.3, 0.4) is 0 Å². The van der Waals surface area contributed by atoms with Gasteiger partial charge in [0.25, 0.3) is 0 Å². The summed E-state index contributed by atoms with van der Waals surface area (Å²) in [5.41, 5.74) is 2.94. The maximum atomic E-state index is 12.2. The van der Waals surface area contributed by atoms with Gasteiger partial charge >= 0.3 is 0 Å². The van der Waals surface area contributed by atoms with E-state index in [9.17, 15) is 9.59 Å². The lowest BCUT2D eigenvalue weighted by Gasteiger charge is -2.31. The molecule has 1 fully saturated rings. The molecule has 0 aliphatic carbocycles. The topological polar surface area (TPSA) is 61.4 Å². The molecule has 0 bridgehead atoms. The highest BCUT2D eigenvalue weighted by molar-refractivity contribution is 6.03. The third-order valence-electron chi connectivity index (χ3n) is 4.44. The molecule has 2 N–H and O–H groups in total. The van der Waals surface area contributed by atoms with E-state index < -0.39 is 0 Å². The van der Waals surface area contributed by atoms with Crippen LogP contribution < -0.4 is 10.6 Å². The molecule has 0 atom stereocenters. The fraction of sp³-hybridized carbons (Fsp3) is 0.529. The molecule has 1 aromatic rings. The number of anilines is 1. The summed E-state index contributed by atoms with van der Waals surface area (Å²) < 4.78 is 0. The first-order chi connectivity index (χ1) is 10.5. The van der Waals surface area contributed by atoms with E-state index in [4.69, 9.17) is 0 Å². The second-order valence-corrected chi connectivity index (χ2v) is 5.96. The molecule has 120 valence electrons. The molecule has 1 saturated heterocycles. The Hall–Kier alpha value is -1.88. The van der Waals surface area contributed by atoms with Crippen molar-refractivity contribution in [1.29, 1.82) is 0 Å². The standard InChI is InChI=1S/C17H25N3O2/c1-12-5-4-6-15(13(12)2)19-16(21)11-17(22)20(3)14-7-9-18-10-8-14/h4-6,14,18H,7-11H2,1-3H3,(H,19,21). The average Bonchev–Trinajstić information content (AvgIpc) is 2.52. The number of amides is 2. The smallest absolute Gasteiger partial charge is 0.233 e. The molecule has 2 rings (SSSR count). The first-order valence-electron chi connectivity index (χ1n) is 7.81. The lowest BCUT2D eigenvalue weighted by atomic mass is 10.0. The zero-order valence-electron chi connectivity index (χ0n) is 13.6. The van der Waals surface area contributed by atoms with Gasteiger partial charge in [-0.15, -0.1) is 0 Å². The molecule has 0 saturated carbocycles. The predicted molar refractivity (Wildman–Crippen MR) is 87.8 cm³/mol. The number of nitrogens with zero attached hydrogens (tertiary/aromatic N) is 1. The van der Waals surface area contributed by atoms with E-state index in [1.807, 2.05) is 32.0 Å². The highest BCUT2D eigenvalue weighted by atomic mass is 16.2. The molecule has 1 aromatic carbocycles. The number of hydrogen-bond acceptors (Lipinski definition) is 3.